The summed E-state index contributed by atoms with van der Waals surface area (Å²) in [5.41, 5.74) is 0.630. The molecular weight excluding hydrogens is 344 g/mol. The summed E-state index contributed by atoms with van der Waals surface area (Å²) in [6.45, 7) is 0. The van der Waals surface area contributed by atoms with Crippen molar-refractivity contribution in [1.82, 2.24) is 0 Å². The van der Waals surface area contributed by atoms with E-state index in [1.54, 1.807) is 48.5 Å². The molecule has 0 N–H and O–H groups in total. The molecule has 1 heterocycles. The summed E-state index contributed by atoms with van der Waals surface area (Å²) in [7, 11) is 0. The molecule has 0 aliphatic carbocycles. The number of rotatable bonds is 4. The predicted molar refractivity (Wildman–Crippen MR) is 96.2 cm³/mol. The van der Waals surface area contributed by atoms with Crippen molar-refractivity contribution in [1.29, 1.82) is 0 Å². The van der Waals surface area contributed by atoms with Crippen molar-refractivity contribution >= 4 is 35.5 Å². The first-order chi connectivity index (χ1) is 11.7. The van der Waals surface area contributed by atoms with Crippen LogP contribution in [0.25, 0.3) is 0 Å². The Hall–Kier alpha value is -1.92. The number of thioether (sulfide) groups is 2. The van der Waals surface area contributed by atoms with Gasteiger partial charge in [0.2, 0.25) is 0 Å². The van der Waals surface area contributed by atoms with E-state index >= 15 is 0 Å². The molecule has 0 spiro atoms. The number of benzene rings is 2. The van der Waals surface area contributed by atoms with Gasteiger partial charge >= 0.3 is 11.9 Å². The van der Waals surface area contributed by atoms with E-state index in [1.165, 1.54) is 23.5 Å². The van der Waals surface area contributed by atoms with Gasteiger partial charge in [-0.15, -0.1) is 23.5 Å². The Morgan fingerprint density at radius 2 is 1.08 bits per heavy atom. The quantitative estimate of drug-likeness (QED) is 0.773. The Kier molecular flexibility index (Phi) is 5.82. The molecule has 24 heavy (non-hydrogen) atoms. The summed E-state index contributed by atoms with van der Waals surface area (Å²) < 4.78 is 11.0. The topological polar surface area (TPSA) is 52.6 Å². The monoisotopic (exact) mass is 360 g/mol. The maximum Gasteiger partial charge on any atom is 0.339 e. The number of esters is 2. The largest absolute Gasteiger partial charge is 0.447 e. The molecule has 124 valence electrons. The predicted octanol–water partition coefficient (Wildman–Crippen LogP) is 3.83. The molecule has 1 saturated heterocycles. The van der Waals surface area contributed by atoms with Gasteiger partial charge < -0.3 is 9.47 Å². The average molecular weight is 360 g/mol. The molecule has 0 radical (unpaired) electrons. The van der Waals surface area contributed by atoms with Crippen LogP contribution in [0.15, 0.2) is 60.7 Å². The first-order valence-electron chi connectivity index (χ1n) is 7.47. The van der Waals surface area contributed by atoms with Crippen molar-refractivity contribution < 1.29 is 19.1 Å². The highest BCUT2D eigenvalue weighted by molar-refractivity contribution is 8.06. The Balaban J connectivity index is 1.46. The van der Waals surface area contributed by atoms with Gasteiger partial charge in [-0.1, -0.05) is 36.4 Å². The Labute approximate surface area is 148 Å². The van der Waals surface area contributed by atoms with Crippen LogP contribution in [0.3, 0.4) is 0 Å². The van der Waals surface area contributed by atoms with Gasteiger partial charge in [0.1, 0.15) is 0 Å². The second kappa shape index (κ2) is 8.26. The van der Waals surface area contributed by atoms with Crippen LogP contribution in [0.5, 0.6) is 0 Å². The fourth-order valence-corrected chi connectivity index (χ4v) is 4.56. The molecule has 1 aliphatic rings. The van der Waals surface area contributed by atoms with Gasteiger partial charge in [-0.05, 0) is 24.3 Å². The van der Waals surface area contributed by atoms with Crippen molar-refractivity contribution in [2.24, 2.45) is 0 Å². The zero-order valence-electron chi connectivity index (χ0n) is 12.8. The minimum atomic E-state index is -0.326. The van der Waals surface area contributed by atoms with E-state index in [-0.39, 0.29) is 22.8 Å². The van der Waals surface area contributed by atoms with Gasteiger partial charge in [-0.2, -0.15) is 0 Å². The third kappa shape index (κ3) is 4.55. The molecule has 1 fully saturated rings. The SMILES string of the molecule is O=C(O[C@H]1CS[C@@H](OC(=O)c2ccccc2)CS1)c1ccccc1. The minimum absolute atomic E-state index is 0.227. The minimum Gasteiger partial charge on any atom is -0.447 e. The van der Waals surface area contributed by atoms with Crippen LogP contribution < -0.4 is 0 Å². The highest BCUT2D eigenvalue weighted by Gasteiger charge is 2.28. The third-order valence-electron chi connectivity index (χ3n) is 3.33. The van der Waals surface area contributed by atoms with Crippen molar-refractivity contribution in [3.8, 4) is 0 Å². The van der Waals surface area contributed by atoms with E-state index in [0.717, 1.165) is 0 Å². The lowest BCUT2D eigenvalue weighted by Gasteiger charge is -2.27. The fraction of sp³-hybridized carbons (Fsp3) is 0.222. The molecule has 1 aliphatic heterocycles. The van der Waals surface area contributed by atoms with Crippen molar-refractivity contribution in [3.05, 3.63) is 71.8 Å². The van der Waals surface area contributed by atoms with Gasteiger partial charge in [-0.3, -0.25) is 0 Å². The van der Waals surface area contributed by atoms with Gasteiger partial charge in [0.15, 0.2) is 10.9 Å². The van der Waals surface area contributed by atoms with Gasteiger partial charge in [0.05, 0.1) is 11.1 Å². The molecule has 2 atom stereocenters. The van der Waals surface area contributed by atoms with E-state index in [0.29, 0.717) is 22.6 Å². The van der Waals surface area contributed by atoms with Crippen LogP contribution in [0, 0.1) is 0 Å². The Bertz CT molecular complexity index is 621. The molecule has 4 nitrogen and oxygen atoms in total. The second-order valence-electron chi connectivity index (χ2n) is 5.07. The van der Waals surface area contributed by atoms with Gasteiger partial charge in [0, 0.05) is 11.5 Å². The molecule has 6 heteroatoms. The number of hydrogen-bond acceptors (Lipinski definition) is 6. The molecule has 0 unspecified atom stereocenters. The van der Waals surface area contributed by atoms with Crippen LogP contribution in [0.2, 0.25) is 0 Å². The van der Waals surface area contributed by atoms with Crippen LogP contribution in [0.1, 0.15) is 20.7 Å². The number of carbonyl (C=O) groups excluding carboxylic acids is 2. The molecule has 0 bridgehead atoms. The summed E-state index contributed by atoms with van der Waals surface area (Å²) in [5, 5.41) is 0. The molecule has 2 aromatic rings. The standard InChI is InChI=1S/C18H16O4S2/c19-17(13-7-3-1-4-8-13)21-15-11-24-16(12-23-15)22-18(20)14-9-5-2-6-10-14/h1-10,15-16H,11-12H2/t15-,16-/m1/s1. The number of hydrogen-bond donors (Lipinski definition) is 0. The van der Waals surface area contributed by atoms with Crippen molar-refractivity contribution in [3.63, 3.8) is 0 Å². The molecule has 0 aromatic heterocycles. The maximum atomic E-state index is 12.0. The van der Waals surface area contributed by atoms with Crippen molar-refractivity contribution in [2.45, 2.75) is 10.9 Å². The van der Waals surface area contributed by atoms with Crippen molar-refractivity contribution in [2.75, 3.05) is 11.5 Å². The Morgan fingerprint density at radius 1 is 0.708 bits per heavy atom. The van der Waals surface area contributed by atoms with Crippen LogP contribution >= 0.6 is 23.5 Å². The fourth-order valence-electron chi connectivity index (χ4n) is 2.13. The molecule has 2 aromatic carbocycles. The lowest BCUT2D eigenvalue weighted by Crippen LogP contribution is -2.29. The summed E-state index contributed by atoms with van der Waals surface area (Å²) in [6, 6.07) is 17.8. The highest BCUT2D eigenvalue weighted by Crippen LogP contribution is 2.32. The van der Waals surface area contributed by atoms with Gasteiger partial charge in [0.25, 0.3) is 0 Å². The van der Waals surface area contributed by atoms with Crippen LogP contribution in [0.4, 0.5) is 0 Å². The third-order valence-corrected chi connectivity index (χ3v) is 6.01. The zero-order chi connectivity index (χ0) is 16.8. The summed E-state index contributed by atoms with van der Waals surface area (Å²) in [5.74, 6) is 0.535. The van der Waals surface area contributed by atoms with Crippen LogP contribution in [-0.4, -0.2) is 34.3 Å². The van der Waals surface area contributed by atoms with E-state index in [2.05, 4.69) is 0 Å². The van der Waals surface area contributed by atoms with E-state index in [4.69, 9.17) is 9.47 Å². The average Bonchev–Trinajstić information content (AvgIpc) is 2.65. The lowest BCUT2D eigenvalue weighted by molar-refractivity contribution is 0.0444. The van der Waals surface area contributed by atoms with E-state index < -0.39 is 0 Å². The van der Waals surface area contributed by atoms with E-state index in [1.807, 2.05) is 12.1 Å². The molecule has 0 saturated carbocycles. The molecule has 3 rings (SSSR count). The van der Waals surface area contributed by atoms with Crippen LogP contribution in [-0.2, 0) is 9.47 Å². The normalized spacial score (nSPS) is 20.2. The molecule has 0 amide bonds. The Morgan fingerprint density at radius 3 is 1.42 bits per heavy atom. The highest BCUT2D eigenvalue weighted by atomic mass is 32.2. The smallest absolute Gasteiger partial charge is 0.339 e. The number of carbonyl (C=O) groups is 2. The summed E-state index contributed by atoms with van der Waals surface area (Å²) >= 11 is 2.98. The van der Waals surface area contributed by atoms with E-state index in [9.17, 15) is 9.59 Å². The van der Waals surface area contributed by atoms with Gasteiger partial charge in [-0.25, -0.2) is 9.59 Å². The number of ether oxygens (including phenoxy) is 2. The summed E-state index contributed by atoms with van der Waals surface area (Å²) in [6.07, 6.45) is 0. The first kappa shape index (κ1) is 16.9. The molecular formula is C18H16O4S2. The zero-order valence-corrected chi connectivity index (χ0v) is 14.4. The maximum absolute atomic E-state index is 12.0. The summed E-state index contributed by atoms with van der Waals surface area (Å²) in [4.78, 5) is 24.1. The lowest BCUT2D eigenvalue weighted by atomic mass is 10.2. The first-order valence-corrected chi connectivity index (χ1v) is 9.57. The second-order valence-corrected chi connectivity index (χ2v) is 7.45.